The van der Waals surface area contributed by atoms with Gasteiger partial charge in [0.15, 0.2) is 0 Å². The Morgan fingerprint density at radius 3 is 2.65 bits per heavy atom. The van der Waals surface area contributed by atoms with Crippen molar-refractivity contribution < 1.29 is 19.5 Å². The number of aliphatic carboxylic acids is 1. The maximum atomic E-state index is 12.7. The highest BCUT2D eigenvalue weighted by molar-refractivity contribution is 8.05. The van der Waals surface area contributed by atoms with Crippen molar-refractivity contribution in [2.45, 2.75) is 17.2 Å². The Morgan fingerprint density at radius 1 is 1.19 bits per heavy atom. The van der Waals surface area contributed by atoms with Gasteiger partial charge in [0.05, 0.1) is 6.54 Å². The van der Waals surface area contributed by atoms with Crippen molar-refractivity contribution in [3.8, 4) is 0 Å². The summed E-state index contributed by atoms with van der Waals surface area (Å²) >= 11 is 2.87. The van der Waals surface area contributed by atoms with Crippen LogP contribution in [-0.4, -0.2) is 56.5 Å². The van der Waals surface area contributed by atoms with Gasteiger partial charge in [0.25, 0.3) is 5.91 Å². The van der Waals surface area contributed by atoms with E-state index in [-0.39, 0.29) is 18.1 Å². The van der Waals surface area contributed by atoms with Gasteiger partial charge in [-0.3, -0.25) is 19.5 Å². The number of amides is 2. The van der Waals surface area contributed by atoms with Gasteiger partial charge in [0.1, 0.15) is 17.1 Å². The van der Waals surface area contributed by atoms with Crippen LogP contribution in [-0.2, 0) is 20.1 Å². The minimum Gasteiger partial charge on any atom is -0.477 e. The number of rotatable bonds is 8. The third-order valence-electron chi connectivity index (χ3n) is 4.84. The number of β-lactam (4-membered cyclic amide) rings is 1. The summed E-state index contributed by atoms with van der Waals surface area (Å²) in [6.45, 7) is 0.0276. The monoisotopic (exact) mass is 456 g/mol. The first-order chi connectivity index (χ1) is 15.0. The lowest BCUT2D eigenvalue weighted by molar-refractivity contribution is -0.150. The summed E-state index contributed by atoms with van der Waals surface area (Å²) in [6, 6.07) is 12.3. The average molecular weight is 457 g/mol. The summed E-state index contributed by atoms with van der Waals surface area (Å²) in [5.74, 6) is -0.787. The fraction of sp³-hybridized carbons (Fsp3) is 0.238. The van der Waals surface area contributed by atoms with Crippen LogP contribution in [0.15, 0.2) is 65.5 Å². The second-order valence-electron chi connectivity index (χ2n) is 6.90. The van der Waals surface area contributed by atoms with Crippen LogP contribution in [0, 0.1) is 0 Å². The van der Waals surface area contributed by atoms with E-state index in [0.29, 0.717) is 16.4 Å². The number of nitrogens with zero attached hydrogens (tertiary/aromatic N) is 2. The predicted octanol–water partition coefficient (Wildman–Crippen LogP) is 2.12. The normalized spacial score (nSPS) is 20.0. The molecule has 2 aliphatic rings. The number of carbonyl (C=O) groups excluding carboxylic acids is 2. The molecule has 1 saturated heterocycles. The van der Waals surface area contributed by atoms with Gasteiger partial charge >= 0.3 is 5.97 Å². The highest BCUT2D eigenvalue weighted by atomic mass is 32.2. The zero-order valence-corrected chi connectivity index (χ0v) is 18.0. The van der Waals surface area contributed by atoms with Gasteiger partial charge in [-0.25, -0.2) is 4.79 Å². The number of para-hydroxylation sites is 1. The Morgan fingerprint density at radius 2 is 1.94 bits per heavy atom. The molecule has 1 fully saturated rings. The van der Waals surface area contributed by atoms with Crippen LogP contribution in [0.25, 0.3) is 0 Å². The Hall–Kier alpha value is -2.98. The van der Waals surface area contributed by atoms with E-state index in [1.165, 1.54) is 28.4 Å². The number of aromatic nitrogens is 1. The zero-order valence-electron chi connectivity index (χ0n) is 16.4. The van der Waals surface area contributed by atoms with E-state index in [0.717, 1.165) is 11.3 Å². The number of benzene rings is 1. The molecule has 0 saturated carbocycles. The number of pyridine rings is 1. The number of carbonyl (C=O) groups is 3. The standard InChI is InChI=1S/C21H20N4O4S2/c26-16(10-23-14-4-2-1-3-5-14)24-17-19(27)25-18(21(28)29)15(12-31-20(17)25)30-11-13-6-8-22-9-7-13/h1-9,17,20,23H,10-12H2,(H,24,26)(H,28,29)/t17?,20-/m0/s1. The van der Waals surface area contributed by atoms with E-state index < -0.39 is 23.3 Å². The molecule has 0 aliphatic carbocycles. The first-order valence-corrected chi connectivity index (χ1v) is 11.6. The van der Waals surface area contributed by atoms with Crippen molar-refractivity contribution >= 4 is 47.0 Å². The predicted molar refractivity (Wildman–Crippen MR) is 120 cm³/mol. The van der Waals surface area contributed by atoms with E-state index in [4.69, 9.17) is 0 Å². The molecule has 2 aliphatic heterocycles. The molecule has 2 aromatic rings. The highest BCUT2D eigenvalue weighted by Crippen LogP contribution is 2.44. The molecule has 4 rings (SSSR count). The average Bonchev–Trinajstić information content (AvgIpc) is 2.80. The number of nitrogens with one attached hydrogen (secondary N) is 2. The van der Waals surface area contributed by atoms with E-state index in [2.05, 4.69) is 15.6 Å². The number of carboxylic acids is 1. The summed E-state index contributed by atoms with van der Waals surface area (Å²) in [4.78, 5) is 42.8. The molecule has 1 aromatic heterocycles. The van der Waals surface area contributed by atoms with Gasteiger partial charge in [-0.2, -0.15) is 0 Å². The molecule has 10 heteroatoms. The molecular formula is C21H20N4O4S2. The summed E-state index contributed by atoms with van der Waals surface area (Å²) < 4.78 is 0. The van der Waals surface area contributed by atoms with Gasteiger partial charge < -0.3 is 15.7 Å². The van der Waals surface area contributed by atoms with Gasteiger partial charge in [-0.15, -0.1) is 23.5 Å². The molecule has 1 unspecified atom stereocenters. The van der Waals surface area contributed by atoms with Crippen molar-refractivity contribution in [1.29, 1.82) is 0 Å². The molecule has 3 N–H and O–H groups in total. The number of carboxylic acid groups (broad SMARTS) is 1. The van der Waals surface area contributed by atoms with Crippen molar-refractivity contribution in [2.75, 3.05) is 17.6 Å². The second-order valence-corrected chi connectivity index (χ2v) is 9.07. The van der Waals surface area contributed by atoms with Crippen LogP contribution in [0.3, 0.4) is 0 Å². The number of hydrogen-bond acceptors (Lipinski definition) is 7. The molecule has 1 aromatic carbocycles. The molecule has 160 valence electrons. The fourth-order valence-electron chi connectivity index (χ4n) is 3.31. The molecule has 0 radical (unpaired) electrons. The lowest BCUT2D eigenvalue weighted by atomic mass is 10.1. The van der Waals surface area contributed by atoms with Crippen molar-refractivity contribution in [2.24, 2.45) is 0 Å². The lowest BCUT2D eigenvalue weighted by Gasteiger charge is -2.49. The van der Waals surface area contributed by atoms with Crippen molar-refractivity contribution in [1.82, 2.24) is 15.2 Å². The quantitative estimate of drug-likeness (QED) is 0.518. The van der Waals surface area contributed by atoms with Gasteiger partial charge in [-0.1, -0.05) is 18.2 Å². The van der Waals surface area contributed by atoms with Crippen LogP contribution in [0.4, 0.5) is 5.69 Å². The van der Waals surface area contributed by atoms with Crippen LogP contribution < -0.4 is 10.6 Å². The molecular weight excluding hydrogens is 436 g/mol. The Kier molecular flexibility index (Phi) is 6.47. The number of fused-ring (bicyclic) bond motifs is 1. The second kappa shape index (κ2) is 9.44. The van der Waals surface area contributed by atoms with Crippen LogP contribution >= 0.6 is 23.5 Å². The molecule has 31 heavy (non-hydrogen) atoms. The van der Waals surface area contributed by atoms with Gasteiger partial charge in [-0.05, 0) is 29.8 Å². The largest absolute Gasteiger partial charge is 0.477 e. The zero-order chi connectivity index (χ0) is 21.8. The summed E-state index contributed by atoms with van der Waals surface area (Å²) in [7, 11) is 0. The van der Waals surface area contributed by atoms with Crippen molar-refractivity contribution in [3.63, 3.8) is 0 Å². The summed E-state index contributed by atoms with van der Waals surface area (Å²) in [5.41, 5.74) is 1.84. The third kappa shape index (κ3) is 4.70. The first kappa shape index (κ1) is 21.3. The lowest BCUT2D eigenvalue weighted by Crippen LogP contribution is -2.70. The minimum atomic E-state index is -1.13. The molecule has 8 nitrogen and oxygen atoms in total. The highest BCUT2D eigenvalue weighted by Gasteiger charge is 2.54. The van der Waals surface area contributed by atoms with Gasteiger partial charge in [0, 0.05) is 34.5 Å². The molecule has 2 amide bonds. The number of hydrogen-bond donors (Lipinski definition) is 3. The Bertz CT molecular complexity index is 1020. The Balaban J connectivity index is 1.38. The maximum Gasteiger partial charge on any atom is 0.353 e. The van der Waals surface area contributed by atoms with E-state index in [9.17, 15) is 19.5 Å². The number of thioether (sulfide) groups is 2. The third-order valence-corrected chi connectivity index (χ3v) is 7.47. The van der Waals surface area contributed by atoms with E-state index in [1.807, 2.05) is 42.5 Å². The SMILES string of the molecule is O=C(CNc1ccccc1)NC1C(=O)N2C(C(=O)O)=C(SCc3ccncc3)CS[C@@H]12. The van der Waals surface area contributed by atoms with Crippen LogP contribution in [0.1, 0.15) is 5.56 Å². The maximum absolute atomic E-state index is 12.7. The smallest absolute Gasteiger partial charge is 0.353 e. The fourth-order valence-corrected chi connectivity index (χ4v) is 5.90. The molecule has 0 bridgehead atoms. The summed E-state index contributed by atoms with van der Waals surface area (Å²) in [5, 5.41) is 15.1. The number of anilines is 1. The minimum absolute atomic E-state index is 0.0146. The molecule has 2 atom stereocenters. The van der Waals surface area contributed by atoms with E-state index >= 15 is 0 Å². The molecule has 3 heterocycles. The topological polar surface area (TPSA) is 112 Å². The van der Waals surface area contributed by atoms with E-state index in [1.54, 1.807) is 12.4 Å². The van der Waals surface area contributed by atoms with Gasteiger partial charge in [0.2, 0.25) is 5.91 Å². The van der Waals surface area contributed by atoms with Crippen molar-refractivity contribution in [3.05, 3.63) is 71.0 Å². The summed E-state index contributed by atoms with van der Waals surface area (Å²) in [6.07, 6.45) is 3.37. The Labute approximate surface area is 187 Å². The van der Waals surface area contributed by atoms with Crippen LogP contribution in [0.2, 0.25) is 0 Å². The van der Waals surface area contributed by atoms with Crippen LogP contribution in [0.5, 0.6) is 0 Å². The molecule has 0 spiro atoms. The first-order valence-electron chi connectivity index (χ1n) is 9.55.